The van der Waals surface area contributed by atoms with Crippen molar-refractivity contribution >= 4 is 34.5 Å². The lowest BCUT2D eigenvalue weighted by atomic mass is 10.0. The zero-order valence-corrected chi connectivity index (χ0v) is 17.9. The van der Waals surface area contributed by atoms with Crippen molar-refractivity contribution in [3.63, 3.8) is 0 Å². The van der Waals surface area contributed by atoms with Gasteiger partial charge in [-0.3, -0.25) is 4.79 Å². The molecule has 7 nitrogen and oxygen atoms in total. The highest BCUT2D eigenvalue weighted by Gasteiger charge is 2.16. The van der Waals surface area contributed by atoms with E-state index in [9.17, 15) is 4.79 Å². The minimum atomic E-state index is 0.0839. The number of aromatic nitrogens is 4. The Hall–Kier alpha value is -1.83. The van der Waals surface area contributed by atoms with E-state index in [1.807, 2.05) is 18.5 Å². The van der Waals surface area contributed by atoms with Crippen LogP contribution in [0.4, 0.5) is 5.82 Å². The first kappa shape index (κ1) is 21.5. The van der Waals surface area contributed by atoms with Crippen LogP contribution >= 0.6 is 11.8 Å². The molecule has 2 aromatic heterocycles. The van der Waals surface area contributed by atoms with Crippen LogP contribution in [-0.4, -0.2) is 44.0 Å². The fourth-order valence-electron chi connectivity index (χ4n) is 2.83. The van der Waals surface area contributed by atoms with E-state index in [4.69, 9.17) is 4.98 Å². The number of fused-ring (bicyclic) bond motifs is 1. The molecule has 0 aliphatic heterocycles. The van der Waals surface area contributed by atoms with Crippen molar-refractivity contribution in [3.8, 4) is 0 Å². The molecule has 0 unspecified atom stereocenters. The third-order valence-corrected chi connectivity index (χ3v) is 5.20. The van der Waals surface area contributed by atoms with Crippen molar-refractivity contribution in [1.29, 1.82) is 0 Å². The molecule has 0 fully saturated rings. The normalized spacial score (nSPS) is 11.5. The Labute approximate surface area is 166 Å². The maximum Gasteiger partial charge on any atom is 0.223 e. The first-order valence-electron chi connectivity index (χ1n) is 9.91. The number of carbonyl (C=O) groups excluding carboxylic acids is 1. The molecular formula is C19H32N6OS. The van der Waals surface area contributed by atoms with E-state index < -0.39 is 0 Å². The van der Waals surface area contributed by atoms with Gasteiger partial charge in [-0.15, -0.1) is 0 Å². The molecule has 0 aliphatic carbocycles. The first-order chi connectivity index (χ1) is 13.0. The van der Waals surface area contributed by atoms with Gasteiger partial charge in [-0.1, -0.05) is 46.4 Å². The molecule has 0 saturated carbocycles. The van der Waals surface area contributed by atoms with Gasteiger partial charge in [-0.2, -0.15) is 5.10 Å². The minimum Gasteiger partial charge on any atom is -0.369 e. The van der Waals surface area contributed by atoms with Gasteiger partial charge >= 0.3 is 0 Å². The summed E-state index contributed by atoms with van der Waals surface area (Å²) in [6, 6.07) is 0. The first-order valence-corrected chi connectivity index (χ1v) is 10.8. The van der Waals surface area contributed by atoms with E-state index in [1.165, 1.54) is 0 Å². The van der Waals surface area contributed by atoms with Crippen molar-refractivity contribution in [3.05, 3.63) is 6.20 Å². The van der Waals surface area contributed by atoms with Crippen LogP contribution in [-0.2, 0) is 11.3 Å². The second-order valence-corrected chi connectivity index (χ2v) is 8.40. The molecule has 2 heterocycles. The maximum atomic E-state index is 12.2. The summed E-state index contributed by atoms with van der Waals surface area (Å²) in [6.07, 6.45) is 4.55. The topological polar surface area (TPSA) is 84.7 Å². The van der Waals surface area contributed by atoms with E-state index in [2.05, 4.69) is 41.5 Å². The second kappa shape index (κ2) is 10.5. The van der Waals surface area contributed by atoms with E-state index in [1.54, 1.807) is 18.0 Å². The summed E-state index contributed by atoms with van der Waals surface area (Å²) in [5, 5.41) is 12.9. The molecule has 0 atom stereocenters. The Morgan fingerprint density at radius 2 is 1.93 bits per heavy atom. The summed E-state index contributed by atoms with van der Waals surface area (Å²) in [4.78, 5) is 21.5. The number of hydrogen-bond donors (Lipinski definition) is 2. The predicted octanol–water partition coefficient (Wildman–Crippen LogP) is 3.70. The fourth-order valence-corrected chi connectivity index (χ4v) is 3.53. The second-order valence-electron chi connectivity index (χ2n) is 6.86. The number of rotatable bonds is 11. The molecule has 8 heteroatoms. The molecule has 0 aromatic carbocycles. The van der Waals surface area contributed by atoms with Gasteiger partial charge < -0.3 is 10.6 Å². The number of nitrogens with zero attached hydrogens (tertiary/aromatic N) is 4. The summed E-state index contributed by atoms with van der Waals surface area (Å²) in [5.74, 6) is 1.03. The molecule has 2 aromatic rings. The average molecular weight is 393 g/mol. The number of nitrogens with one attached hydrogen (secondary N) is 2. The Kier molecular flexibility index (Phi) is 8.34. The largest absolute Gasteiger partial charge is 0.369 e. The minimum absolute atomic E-state index is 0.0839. The molecule has 2 rings (SSSR count). The van der Waals surface area contributed by atoms with E-state index in [-0.39, 0.29) is 11.8 Å². The van der Waals surface area contributed by atoms with Crippen molar-refractivity contribution in [2.45, 2.75) is 70.8 Å². The van der Waals surface area contributed by atoms with E-state index in [0.29, 0.717) is 18.3 Å². The lowest BCUT2D eigenvalue weighted by Crippen LogP contribution is -2.32. The summed E-state index contributed by atoms with van der Waals surface area (Å²) in [5.41, 5.74) is 0.809. The van der Waals surface area contributed by atoms with Crippen LogP contribution in [0.3, 0.4) is 0 Å². The zero-order chi connectivity index (χ0) is 19.8. The van der Waals surface area contributed by atoms with Crippen LogP contribution in [0.1, 0.15) is 53.9 Å². The van der Waals surface area contributed by atoms with Crippen molar-refractivity contribution in [2.75, 3.05) is 18.4 Å². The average Bonchev–Trinajstić information content (AvgIpc) is 3.03. The van der Waals surface area contributed by atoms with Gasteiger partial charge in [-0.25, -0.2) is 14.6 Å². The van der Waals surface area contributed by atoms with Gasteiger partial charge in [-0.05, 0) is 19.3 Å². The Bertz CT molecular complexity index is 741. The predicted molar refractivity (Wildman–Crippen MR) is 112 cm³/mol. The fraction of sp³-hybridized carbons (Fsp3) is 0.684. The zero-order valence-electron chi connectivity index (χ0n) is 17.1. The monoisotopic (exact) mass is 392 g/mol. The molecule has 1 amide bonds. The van der Waals surface area contributed by atoms with Gasteiger partial charge in [0.05, 0.1) is 18.1 Å². The third-order valence-electron chi connectivity index (χ3n) is 4.34. The van der Waals surface area contributed by atoms with Gasteiger partial charge in [0.25, 0.3) is 0 Å². The third kappa shape index (κ3) is 5.82. The Morgan fingerprint density at radius 3 is 2.56 bits per heavy atom. The summed E-state index contributed by atoms with van der Waals surface area (Å²) in [7, 11) is 0. The smallest absolute Gasteiger partial charge is 0.223 e. The molecule has 0 aliphatic rings. The molecule has 2 N–H and O–H groups in total. The van der Waals surface area contributed by atoms with Crippen LogP contribution in [0.25, 0.3) is 11.0 Å². The summed E-state index contributed by atoms with van der Waals surface area (Å²) in [6.45, 7) is 12.5. The van der Waals surface area contributed by atoms with Crippen molar-refractivity contribution < 1.29 is 4.79 Å². The molecule has 150 valence electrons. The van der Waals surface area contributed by atoms with Gasteiger partial charge in [0.1, 0.15) is 5.82 Å². The van der Waals surface area contributed by atoms with Crippen LogP contribution in [0.15, 0.2) is 11.4 Å². The number of thioether (sulfide) groups is 1. The van der Waals surface area contributed by atoms with Crippen LogP contribution in [0.5, 0.6) is 0 Å². The Balaban J connectivity index is 2.18. The van der Waals surface area contributed by atoms with Gasteiger partial charge in [0.15, 0.2) is 10.8 Å². The Morgan fingerprint density at radius 1 is 1.19 bits per heavy atom. The molecular weight excluding hydrogens is 360 g/mol. The number of hydrogen-bond acceptors (Lipinski definition) is 6. The highest BCUT2D eigenvalue weighted by Crippen LogP contribution is 2.26. The maximum absolute atomic E-state index is 12.2. The summed E-state index contributed by atoms with van der Waals surface area (Å²) >= 11 is 1.64. The molecule has 27 heavy (non-hydrogen) atoms. The molecule has 0 spiro atoms. The number of anilines is 1. The molecule has 0 radical (unpaired) electrons. The van der Waals surface area contributed by atoms with Crippen LogP contribution in [0, 0.1) is 5.92 Å². The van der Waals surface area contributed by atoms with E-state index >= 15 is 0 Å². The SMILES string of the molecule is CCCNc1nc(SC(C)C)nc2c1cnn2CCNC(=O)C(CC)CC. The number of carbonyl (C=O) groups is 1. The van der Waals surface area contributed by atoms with E-state index in [0.717, 1.165) is 47.8 Å². The highest BCUT2D eigenvalue weighted by atomic mass is 32.2. The van der Waals surface area contributed by atoms with Gasteiger partial charge in [0.2, 0.25) is 5.91 Å². The van der Waals surface area contributed by atoms with Gasteiger partial charge in [0, 0.05) is 24.3 Å². The molecule has 0 saturated heterocycles. The standard InChI is InChI=1S/C19H32N6OS/c1-6-9-20-16-15-12-22-25(11-10-21-18(26)14(7-2)8-3)17(15)24-19(23-16)27-13(4)5/h12-14H,6-11H2,1-5H3,(H,21,26)(H,20,23,24). The van der Waals surface area contributed by atoms with Crippen molar-refractivity contribution in [1.82, 2.24) is 25.1 Å². The van der Waals surface area contributed by atoms with Crippen LogP contribution < -0.4 is 10.6 Å². The quantitative estimate of drug-likeness (QED) is 0.448. The van der Waals surface area contributed by atoms with Crippen LogP contribution in [0.2, 0.25) is 0 Å². The lowest BCUT2D eigenvalue weighted by Gasteiger charge is -2.13. The lowest BCUT2D eigenvalue weighted by molar-refractivity contribution is -0.125. The highest BCUT2D eigenvalue weighted by molar-refractivity contribution is 7.99. The molecule has 0 bridgehead atoms. The number of amides is 1. The van der Waals surface area contributed by atoms with Crippen molar-refractivity contribution in [2.24, 2.45) is 5.92 Å². The summed E-state index contributed by atoms with van der Waals surface area (Å²) < 4.78 is 1.85.